The third kappa shape index (κ3) is 5.22. The number of hydrogen-bond acceptors (Lipinski definition) is 6. The number of ether oxygens (including phenoxy) is 1. The first-order valence-electron chi connectivity index (χ1n) is 11.2. The van der Waals surface area contributed by atoms with Crippen molar-refractivity contribution in [3.63, 3.8) is 0 Å². The highest BCUT2D eigenvalue weighted by Crippen LogP contribution is 2.43. The number of alkyl halides is 1. The maximum Gasteiger partial charge on any atom is 0.453 e. The van der Waals surface area contributed by atoms with E-state index in [-0.39, 0.29) is 30.2 Å². The number of amides is 1. The molecular weight excluding hydrogens is 448 g/mol. The SMILES string of the molecule is Cc1c(OC(O)(O)O)cccc1C1[C@H](C)CCN1C(=O)Cn1nc(C2CC2)cc1C(C)(F)P. The largest absolute Gasteiger partial charge is 0.453 e. The van der Waals surface area contributed by atoms with Crippen molar-refractivity contribution < 1.29 is 29.2 Å². The van der Waals surface area contributed by atoms with Crippen LogP contribution in [0.25, 0.3) is 0 Å². The first kappa shape index (κ1) is 24.1. The molecule has 3 N–H and O–H groups in total. The first-order valence-corrected chi connectivity index (χ1v) is 11.7. The summed E-state index contributed by atoms with van der Waals surface area (Å²) in [6, 6.07) is 6.53. The molecule has 1 aromatic carbocycles. The molecule has 1 saturated heterocycles. The van der Waals surface area contributed by atoms with Crippen LogP contribution in [0.2, 0.25) is 0 Å². The van der Waals surface area contributed by atoms with Gasteiger partial charge in [0.05, 0.1) is 17.4 Å². The third-order valence-corrected chi connectivity index (χ3v) is 6.79. The number of nitrogens with zero attached hydrogens (tertiary/aromatic N) is 3. The highest BCUT2D eigenvalue weighted by atomic mass is 31.0. The highest BCUT2D eigenvalue weighted by Gasteiger charge is 2.38. The van der Waals surface area contributed by atoms with E-state index < -0.39 is 11.6 Å². The average Bonchev–Trinajstić information content (AvgIpc) is 3.34. The molecule has 1 aliphatic heterocycles. The normalized spacial score (nSPS) is 23.0. The molecule has 33 heavy (non-hydrogen) atoms. The summed E-state index contributed by atoms with van der Waals surface area (Å²) in [7, 11) is 2.18. The Morgan fingerprint density at radius 1 is 1.30 bits per heavy atom. The molecule has 0 radical (unpaired) electrons. The zero-order chi connectivity index (χ0) is 24.1. The maximum atomic E-state index is 14.8. The first-order chi connectivity index (χ1) is 15.3. The minimum atomic E-state index is -3.30. The zero-order valence-electron chi connectivity index (χ0n) is 19.0. The van der Waals surface area contributed by atoms with Crippen LogP contribution < -0.4 is 4.74 Å². The van der Waals surface area contributed by atoms with Gasteiger partial charge in [-0.25, -0.2) is 4.39 Å². The summed E-state index contributed by atoms with van der Waals surface area (Å²) in [6.45, 7) is 5.69. The Kier molecular flexibility index (Phi) is 6.29. The Morgan fingerprint density at radius 3 is 2.61 bits per heavy atom. The monoisotopic (exact) mass is 479 g/mol. The number of aliphatic hydroxyl groups is 3. The molecule has 0 bridgehead atoms. The van der Waals surface area contributed by atoms with Crippen LogP contribution >= 0.6 is 9.24 Å². The highest BCUT2D eigenvalue weighted by molar-refractivity contribution is 7.18. The maximum absolute atomic E-state index is 14.8. The standard InChI is InChI=1S/C23H31FN3O5P/c1-13-9-10-26(21(13)16-5-4-6-18(14(16)2)32-23(29,30)31)20(28)12-27-19(22(3,24)33)11-17(25-27)15-7-8-15/h4-6,11,13,15,21,29-31H,7-10,12,33H2,1-3H3/t13-,21?,22?/m1/s1. The van der Waals surface area contributed by atoms with Gasteiger partial charge in [0.1, 0.15) is 12.3 Å². The number of halogens is 1. The second-order valence-corrected chi connectivity index (χ2v) is 10.5. The quantitative estimate of drug-likeness (QED) is 0.416. The van der Waals surface area contributed by atoms with Crippen molar-refractivity contribution in [1.29, 1.82) is 0 Å². The summed E-state index contributed by atoms with van der Waals surface area (Å²) in [5, 5.41) is 30.5. The molecule has 1 saturated carbocycles. The van der Waals surface area contributed by atoms with Gasteiger partial charge in [0.15, 0.2) is 5.41 Å². The Bertz CT molecular complexity index is 1040. The molecule has 10 heteroatoms. The second-order valence-electron chi connectivity index (χ2n) is 9.41. The molecule has 1 aromatic heterocycles. The van der Waals surface area contributed by atoms with Gasteiger partial charge in [0.2, 0.25) is 5.91 Å². The van der Waals surface area contributed by atoms with Gasteiger partial charge in [-0.2, -0.15) is 5.10 Å². The topological polar surface area (TPSA) is 108 Å². The molecule has 2 heterocycles. The van der Waals surface area contributed by atoms with E-state index in [9.17, 15) is 24.5 Å². The molecule has 0 spiro atoms. The lowest BCUT2D eigenvalue weighted by Gasteiger charge is -2.30. The lowest BCUT2D eigenvalue weighted by Crippen LogP contribution is -2.36. The molecule has 180 valence electrons. The Balaban J connectivity index is 1.61. The van der Waals surface area contributed by atoms with Crippen molar-refractivity contribution in [1.82, 2.24) is 14.7 Å². The summed E-state index contributed by atoms with van der Waals surface area (Å²) in [5.41, 5.74) is 2.57. The lowest BCUT2D eigenvalue weighted by atomic mass is 9.92. The van der Waals surface area contributed by atoms with Gasteiger partial charge >= 0.3 is 6.16 Å². The smallest absolute Gasteiger partial charge is 0.417 e. The van der Waals surface area contributed by atoms with Crippen LogP contribution in [0.15, 0.2) is 24.3 Å². The van der Waals surface area contributed by atoms with Crippen LogP contribution in [0.5, 0.6) is 5.75 Å². The number of aromatic nitrogens is 2. The van der Waals surface area contributed by atoms with Crippen LogP contribution in [0.3, 0.4) is 0 Å². The van der Waals surface area contributed by atoms with Crippen LogP contribution in [0.1, 0.15) is 67.6 Å². The number of rotatable bonds is 7. The van der Waals surface area contributed by atoms with Gasteiger partial charge in [0.25, 0.3) is 0 Å². The number of hydrogen-bond donors (Lipinski definition) is 3. The van der Waals surface area contributed by atoms with Crippen molar-refractivity contribution in [2.45, 2.75) is 70.1 Å². The van der Waals surface area contributed by atoms with E-state index in [1.54, 1.807) is 24.0 Å². The van der Waals surface area contributed by atoms with Crippen molar-refractivity contribution >= 4 is 15.1 Å². The molecule has 3 unspecified atom stereocenters. The second kappa shape index (κ2) is 8.62. The molecule has 2 aromatic rings. The molecule has 4 rings (SSSR count). The Morgan fingerprint density at radius 2 is 2.00 bits per heavy atom. The van der Waals surface area contributed by atoms with Crippen LogP contribution in [0, 0.1) is 12.8 Å². The Labute approximate surface area is 194 Å². The van der Waals surface area contributed by atoms with E-state index in [0.717, 1.165) is 30.5 Å². The van der Waals surface area contributed by atoms with E-state index >= 15 is 0 Å². The van der Waals surface area contributed by atoms with Crippen molar-refractivity contribution in [3.8, 4) is 5.75 Å². The fraction of sp³-hybridized carbons (Fsp3) is 0.565. The molecular formula is C23H31FN3O5P. The van der Waals surface area contributed by atoms with Crippen molar-refractivity contribution in [2.24, 2.45) is 5.92 Å². The third-order valence-electron chi connectivity index (χ3n) is 6.49. The van der Waals surface area contributed by atoms with Gasteiger partial charge < -0.3 is 25.0 Å². The fourth-order valence-electron chi connectivity index (χ4n) is 4.66. The molecule has 1 amide bonds. The van der Waals surface area contributed by atoms with Gasteiger partial charge in [0, 0.05) is 12.5 Å². The molecule has 2 aliphatic rings. The summed E-state index contributed by atoms with van der Waals surface area (Å²) in [6.07, 6.45) is -0.448. The van der Waals surface area contributed by atoms with Gasteiger partial charge in [-0.15, -0.1) is 0 Å². The summed E-state index contributed by atoms with van der Waals surface area (Å²) in [5.74, 6) is 0.411. The number of carbonyl (C=O) groups is 1. The summed E-state index contributed by atoms with van der Waals surface area (Å²) >= 11 is 0. The van der Waals surface area contributed by atoms with Crippen LogP contribution in [0.4, 0.5) is 4.39 Å². The summed E-state index contributed by atoms with van der Waals surface area (Å²) in [4.78, 5) is 15.2. The fourth-order valence-corrected chi connectivity index (χ4v) is 4.89. The minimum Gasteiger partial charge on any atom is -0.417 e. The van der Waals surface area contributed by atoms with Crippen LogP contribution in [-0.4, -0.2) is 48.6 Å². The molecule has 8 nitrogen and oxygen atoms in total. The van der Waals surface area contributed by atoms with E-state index in [1.807, 2.05) is 13.0 Å². The Hall–Kier alpha value is -2.06. The number of carbonyl (C=O) groups excluding carboxylic acids is 1. The summed E-state index contributed by atoms with van der Waals surface area (Å²) < 4.78 is 21.2. The predicted octanol–water partition coefficient (Wildman–Crippen LogP) is 2.66. The van der Waals surface area contributed by atoms with Crippen LogP contribution in [-0.2, 0) is 16.7 Å². The van der Waals surface area contributed by atoms with Crippen molar-refractivity contribution in [2.75, 3.05) is 6.54 Å². The molecule has 4 atom stereocenters. The van der Waals surface area contributed by atoms with E-state index in [0.29, 0.717) is 23.7 Å². The molecule has 1 aliphatic carbocycles. The number of benzene rings is 1. The van der Waals surface area contributed by atoms with Gasteiger partial charge in [-0.3, -0.25) is 9.48 Å². The van der Waals surface area contributed by atoms with Crippen molar-refractivity contribution in [3.05, 3.63) is 46.8 Å². The average molecular weight is 479 g/mol. The van der Waals surface area contributed by atoms with E-state index in [4.69, 9.17) is 4.74 Å². The van der Waals surface area contributed by atoms with Gasteiger partial charge in [-0.1, -0.05) is 28.3 Å². The predicted molar refractivity (Wildman–Crippen MR) is 122 cm³/mol. The number of likely N-dealkylation sites (tertiary alicyclic amines) is 1. The zero-order valence-corrected chi connectivity index (χ0v) is 20.2. The minimum absolute atomic E-state index is 0.0680. The van der Waals surface area contributed by atoms with E-state index in [1.165, 1.54) is 17.7 Å². The van der Waals surface area contributed by atoms with E-state index in [2.05, 4.69) is 14.3 Å². The van der Waals surface area contributed by atoms with Gasteiger partial charge in [-0.05, 0) is 62.3 Å². The lowest BCUT2D eigenvalue weighted by molar-refractivity contribution is -0.419. The molecule has 2 fully saturated rings.